The zero-order valence-corrected chi connectivity index (χ0v) is 9.19. The van der Waals surface area contributed by atoms with Crippen LogP contribution in [0.1, 0.15) is 33.1 Å². The fourth-order valence-corrected chi connectivity index (χ4v) is 2.93. The fraction of sp³-hybridized carbons (Fsp3) is 0.900. The molecule has 3 heteroatoms. The van der Waals surface area contributed by atoms with Crippen LogP contribution >= 0.6 is 11.8 Å². The molecule has 1 atom stereocenters. The zero-order chi connectivity index (χ0) is 9.90. The third-order valence-corrected chi connectivity index (χ3v) is 3.92. The van der Waals surface area contributed by atoms with Crippen molar-refractivity contribution in [1.82, 2.24) is 0 Å². The average Bonchev–Trinajstić information content (AvgIpc) is 2.05. The molecule has 0 aromatic heterocycles. The van der Waals surface area contributed by atoms with E-state index >= 15 is 0 Å². The standard InChI is InChI=1S/C10H18O2S/c1-10(2,9(11)12)6-8-4-3-5-13-7-8/h8H,3-7H2,1-2H3,(H,11,12). The predicted molar refractivity (Wildman–Crippen MR) is 56.1 cm³/mol. The van der Waals surface area contributed by atoms with E-state index in [9.17, 15) is 4.79 Å². The maximum absolute atomic E-state index is 10.9. The van der Waals surface area contributed by atoms with Crippen molar-refractivity contribution < 1.29 is 9.90 Å². The van der Waals surface area contributed by atoms with Crippen molar-refractivity contribution in [3.8, 4) is 0 Å². The second-order valence-corrected chi connectivity index (χ2v) is 5.63. The Morgan fingerprint density at radius 3 is 2.77 bits per heavy atom. The third-order valence-electron chi connectivity index (χ3n) is 2.63. The second-order valence-electron chi connectivity index (χ2n) is 4.48. The minimum atomic E-state index is -0.664. The van der Waals surface area contributed by atoms with Gasteiger partial charge in [-0.3, -0.25) is 4.79 Å². The molecule has 0 aromatic carbocycles. The number of aliphatic carboxylic acids is 1. The number of carbonyl (C=O) groups is 1. The maximum Gasteiger partial charge on any atom is 0.309 e. The van der Waals surface area contributed by atoms with Crippen LogP contribution < -0.4 is 0 Å². The van der Waals surface area contributed by atoms with Gasteiger partial charge in [0.2, 0.25) is 0 Å². The minimum Gasteiger partial charge on any atom is -0.481 e. The molecule has 1 aliphatic rings. The van der Waals surface area contributed by atoms with Crippen LogP contribution in [0.2, 0.25) is 0 Å². The van der Waals surface area contributed by atoms with Crippen LogP contribution in [0.5, 0.6) is 0 Å². The van der Waals surface area contributed by atoms with Gasteiger partial charge in [-0.05, 0) is 50.5 Å². The molecule has 13 heavy (non-hydrogen) atoms. The molecule has 0 aliphatic carbocycles. The van der Waals surface area contributed by atoms with Crippen molar-refractivity contribution >= 4 is 17.7 Å². The van der Waals surface area contributed by atoms with Crippen LogP contribution in [-0.2, 0) is 4.79 Å². The molecular formula is C10H18O2S. The van der Waals surface area contributed by atoms with Crippen molar-refractivity contribution in [3.05, 3.63) is 0 Å². The van der Waals surface area contributed by atoms with E-state index in [-0.39, 0.29) is 0 Å². The van der Waals surface area contributed by atoms with Crippen molar-refractivity contribution in [2.45, 2.75) is 33.1 Å². The van der Waals surface area contributed by atoms with Crippen LogP contribution in [0.15, 0.2) is 0 Å². The minimum absolute atomic E-state index is 0.539. The smallest absolute Gasteiger partial charge is 0.309 e. The van der Waals surface area contributed by atoms with Crippen LogP contribution in [0.3, 0.4) is 0 Å². The van der Waals surface area contributed by atoms with Gasteiger partial charge >= 0.3 is 5.97 Å². The van der Waals surface area contributed by atoms with Gasteiger partial charge in [0, 0.05) is 0 Å². The summed E-state index contributed by atoms with van der Waals surface area (Å²) in [5.41, 5.74) is -0.539. The van der Waals surface area contributed by atoms with Crippen molar-refractivity contribution in [2.24, 2.45) is 11.3 Å². The number of thioether (sulfide) groups is 1. The molecule has 1 saturated heterocycles. The Hall–Kier alpha value is -0.180. The van der Waals surface area contributed by atoms with Gasteiger partial charge < -0.3 is 5.11 Å². The lowest BCUT2D eigenvalue weighted by molar-refractivity contribution is -0.147. The Labute approximate surface area is 84.1 Å². The summed E-state index contributed by atoms with van der Waals surface area (Å²) in [5, 5.41) is 8.97. The number of hydrogen-bond donors (Lipinski definition) is 1. The van der Waals surface area contributed by atoms with Gasteiger partial charge in [-0.15, -0.1) is 0 Å². The highest BCUT2D eigenvalue weighted by Gasteiger charge is 2.31. The van der Waals surface area contributed by atoms with E-state index in [0.717, 1.165) is 12.2 Å². The summed E-state index contributed by atoms with van der Waals surface area (Å²) in [6.07, 6.45) is 3.30. The summed E-state index contributed by atoms with van der Waals surface area (Å²) in [6.45, 7) is 3.66. The Kier molecular flexibility index (Phi) is 3.65. The van der Waals surface area contributed by atoms with Crippen LogP contribution in [0.25, 0.3) is 0 Å². The molecule has 0 amide bonds. The van der Waals surface area contributed by atoms with Crippen LogP contribution in [0, 0.1) is 11.3 Å². The first-order chi connectivity index (χ1) is 6.02. The first-order valence-corrected chi connectivity index (χ1v) is 5.99. The average molecular weight is 202 g/mol. The summed E-state index contributed by atoms with van der Waals surface area (Å²) >= 11 is 1.96. The first-order valence-electron chi connectivity index (χ1n) is 4.83. The number of carboxylic acid groups (broad SMARTS) is 1. The zero-order valence-electron chi connectivity index (χ0n) is 8.38. The number of rotatable bonds is 3. The highest BCUT2D eigenvalue weighted by Crippen LogP contribution is 2.33. The van der Waals surface area contributed by atoms with Crippen molar-refractivity contribution in [1.29, 1.82) is 0 Å². The molecule has 1 heterocycles. The summed E-state index contributed by atoms with van der Waals surface area (Å²) in [6, 6.07) is 0. The quantitative estimate of drug-likeness (QED) is 0.764. The molecule has 1 unspecified atom stereocenters. The molecule has 0 spiro atoms. The van der Waals surface area contributed by atoms with Gasteiger partial charge in [-0.1, -0.05) is 0 Å². The fourth-order valence-electron chi connectivity index (χ4n) is 1.78. The summed E-state index contributed by atoms with van der Waals surface area (Å²) in [5.74, 6) is 2.36. The molecule has 1 N–H and O–H groups in total. The summed E-state index contributed by atoms with van der Waals surface area (Å²) < 4.78 is 0. The second kappa shape index (κ2) is 4.36. The molecule has 1 rings (SSSR count). The first kappa shape index (κ1) is 10.9. The van der Waals surface area contributed by atoms with Gasteiger partial charge in [0.1, 0.15) is 0 Å². The molecule has 1 aliphatic heterocycles. The van der Waals surface area contributed by atoms with Gasteiger partial charge in [-0.2, -0.15) is 11.8 Å². The lowest BCUT2D eigenvalue weighted by Gasteiger charge is -2.28. The predicted octanol–water partition coefficient (Wildman–Crippen LogP) is 2.63. The van der Waals surface area contributed by atoms with Gasteiger partial charge in [0.25, 0.3) is 0 Å². The topological polar surface area (TPSA) is 37.3 Å². The molecule has 2 nitrogen and oxygen atoms in total. The highest BCUT2D eigenvalue weighted by atomic mass is 32.2. The molecule has 1 fully saturated rings. The molecule has 0 aromatic rings. The van der Waals surface area contributed by atoms with Crippen LogP contribution in [0.4, 0.5) is 0 Å². The lowest BCUT2D eigenvalue weighted by atomic mass is 9.82. The monoisotopic (exact) mass is 202 g/mol. The summed E-state index contributed by atoms with van der Waals surface area (Å²) in [4.78, 5) is 10.9. The number of hydrogen-bond acceptors (Lipinski definition) is 2. The van der Waals surface area contributed by atoms with E-state index in [0.29, 0.717) is 5.92 Å². The molecule has 0 bridgehead atoms. The Bertz CT molecular complexity index is 183. The van der Waals surface area contributed by atoms with Gasteiger partial charge in [-0.25, -0.2) is 0 Å². The Balaban J connectivity index is 2.41. The highest BCUT2D eigenvalue weighted by molar-refractivity contribution is 7.99. The lowest BCUT2D eigenvalue weighted by Crippen LogP contribution is -2.28. The Morgan fingerprint density at radius 1 is 1.62 bits per heavy atom. The largest absolute Gasteiger partial charge is 0.481 e. The maximum atomic E-state index is 10.9. The van der Waals surface area contributed by atoms with Crippen molar-refractivity contribution in [2.75, 3.05) is 11.5 Å². The van der Waals surface area contributed by atoms with E-state index in [1.807, 2.05) is 25.6 Å². The van der Waals surface area contributed by atoms with Crippen molar-refractivity contribution in [3.63, 3.8) is 0 Å². The van der Waals surface area contributed by atoms with E-state index < -0.39 is 11.4 Å². The molecule has 76 valence electrons. The summed E-state index contributed by atoms with van der Waals surface area (Å²) in [7, 11) is 0. The molecular weight excluding hydrogens is 184 g/mol. The van der Waals surface area contributed by atoms with Gasteiger partial charge in [0.05, 0.1) is 5.41 Å². The number of carboxylic acids is 1. The normalized spacial score (nSPS) is 24.3. The van der Waals surface area contributed by atoms with Crippen LogP contribution in [-0.4, -0.2) is 22.6 Å². The molecule has 0 radical (unpaired) electrons. The Morgan fingerprint density at radius 2 is 2.31 bits per heavy atom. The van der Waals surface area contributed by atoms with E-state index in [2.05, 4.69) is 0 Å². The third kappa shape index (κ3) is 3.22. The van der Waals surface area contributed by atoms with E-state index in [1.54, 1.807) is 0 Å². The van der Waals surface area contributed by atoms with Gasteiger partial charge in [0.15, 0.2) is 0 Å². The molecule has 0 saturated carbocycles. The van der Waals surface area contributed by atoms with E-state index in [1.165, 1.54) is 18.6 Å². The SMILES string of the molecule is CC(C)(CC1CCCSC1)C(=O)O. The van der Waals surface area contributed by atoms with E-state index in [4.69, 9.17) is 5.11 Å².